The smallest absolute Gasteiger partial charge is 0.410 e. The van der Waals surface area contributed by atoms with Gasteiger partial charge in [-0.15, -0.1) is 11.3 Å². The van der Waals surface area contributed by atoms with Crippen LogP contribution < -0.4 is 15.8 Å². The zero-order valence-corrected chi connectivity index (χ0v) is 34.9. The fraction of sp³-hybridized carbons (Fsp3) is 0.326. The monoisotopic (exact) mass is 829 g/mol. The van der Waals surface area contributed by atoms with Gasteiger partial charge >= 0.3 is 12.1 Å². The van der Waals surface area contributed by atoms with Crippen LogP contribution in [0.5, 0.6) is 5.75 Å². The molecule has 7 rings (SSSR count). The van der Waals surface area contributed by atoms with E-state index in [2.05, 4.69) is 51.8 Å². The Bertz CT molecular complexity index is 2190. The highest BCUT2D eigenvalue weighted by atomic mass is 32.1. The van der Waals surface area contributed by atoms with Crippen LogP contribution in [0, 0.1) is 0 Å². The number of rotatable bonds is 13. The molecule has 0 radical (unpaired) electrons. The van der Waals surface area contributed by atoms with E-state index in [9.17, 15) is 14.7 Å². The summed E-state index contributed by atoms with van der Waals surface area (Å²) < 4.78 is 11.5. The molecule has 1 amide bonds. The number of likely N-dealkylation sites (tertiary alicyclic amines) is 1. The third kappa shape index (κ3) is 10.1. The highest BCUT2D eigenvalue weighted by Crippen LogP contribution is 2.40. The molecule has 1 saturated heterocycles. The van der Waals surface area contributed by atoms with Crippen molar-refractivity contribution in [1.29, 1.82) is 0 Å². The lowest BCUT2D eigenvalue weighted by Gasteiger charge is -2.36. The van der Waals surface area contributed by atoms with E-state index in [-0.39, 0.29) is 36.8 Å². The second kappa shape index (κ2) is 18.7. The van der Waals surface area contributed by atoms with E-state index in [0.717, 1.165) is 53.6 Å². The Morgan fingerprint density at radius 3 is 2.05 bits per heavy atom. The summed E-state index contributed by atoms with van der Waals surface area (Å²) >= 11 is 1.29. The van der Waals surface area contributed by atoms with Gasteiger partial charge in [-0.25, -0.2) is 19.6 Å². The van der Waals surface area contributed by atoms with E-state index < -0.39 is 17.1 Å². The number of nitrogens with one attached hydrogen (secondary N) is 1. The van der Waals surface area contributed by atoms with E-state index in [1.54, 1.807) is 10.3 Å². The number of piperidine rings is 1. The minimum absolute atomic E-state index is 0.0275. The molecule has 0 aliphatic carbocycles. The van der Waals surface area contributed by atoms with E-state index in [4.69, 9.17) is 30.0 Å². The predicted molar refractivity (Wildman–Crippen MR) is 234 cm³/mol. The number of aliphatic imine (C=N–C) groups is 1. The summed E-state index contributed by atoms with van der Waals surface area (Å²) in [5.41, 5.74) is 10.3. The Kier molecular flexibility index (Phi) is 13.0. The van der Waals surface area contributed by atoms with Crippen LogP contribution in [0.3, 0.4) is 0 Å². The van der Waals surface area contributed by atoms with Crippen molar-refractivity contribution in [2.24, 2.45) is 15.9 Å². The lowest BCUT2D eigenvalue weighted by atomic mass is 9.77. The summed E-state index contributed by atoms with van der Waals surface area (Å²) in [7, 11) is 0. The van der Waals surface area contributed by atoms with Gasteiger partial charge in [-0.3, -0.25) is 0 Å². The number of fused-ring (bicyclic) bond motifs is 1. The Balaban J connectivity index is 0.941. The molecule has 0 saturated carbocycles. The molecule has 13 nitrogen and oxygen atoms in total. The number of hydrogen-bond acceptors (Lipinski definition) is 10. The van der Waals surface area contributed by atoms with Gasteiger partial charge in [0, 0.05) is 31.6 Å². The summed E-state index contributed by atoms with van der Waals surface area (Å²) in [4.78, 5) is 43.6. The molecule has 14 heteroatoms. The van der Waals surface area contributed by atoms with Gasteiger partial charge in [0.25, 0.3) is 0 Å². The van der Waals surface area contributed by atoms with Gasteiger partial charge in [0.2, 0.25) is 5.71 Å². The number of nitrogens with two attached hydrogens (primary N) is 1. The molecule has 4 aromatic carbocycles. The number of nitrogens with zero attached hydrogens (tertiary/aromatic N) is 5. The van der Waals surface area contributed by atoms with Crippen molar-refractivity contribution in [3.05, 3.63) is 148 Å². The second-order valence-corrected chi connectivity index (χ2v) is 16.6. The van der Waals surface area contributed by atoms with Crippen molar-refractivity contribution in [1.82, 2.24) is 14.8 Å². The molecule has 5 aromatic rings. The number of hydrogen-bond donors (Lipinski definition) is 3. The van der Waals surface area contributed by atoms with Crippen LogP contribution in [0.1, 0.15) is 67.1 Å². The number of amides is 1. The number of guanidine groups is 1. The molecule has 4 N–H and O–H groups in total. The van der Waals surface area contributed by atoms with Gasteiger partial charge < -0.3 is 40.3 Å². The van der Waals surface area contributed by atoms with E-state index in [1.807, 2.05) is 93.6 Å². The maximum atomic E-state index is 12.4. The molecule has 0 bridgehead atoms. The molecule has 1 aromatic heterocycles. The van der Waals surface area contributed by atoms with Crippen molar-refractivity contribution < 1.29 is 29.0 Å². The van der Waals surface area contributed by atoms with Gasteiger partial charge in [0.05, 0.1) is 6.04 Å². The first kappa shape index (κ1) is 41.7. The fourth-order valence-corrected chi connectivity index (χ4v) is 8.22. The first-order chi connectivity index (χ1) is 29.0. The number of anilines is 1. The highest BCUT2D eigenvalue weighted by Gasteiger charge is 2.37. The Hall–Kier alpha value is -6.41. The molecular formula is C46H51N7O6S. The zero-order valence-electron chi connectivity index (χ0n) is 34.1. The van der Waals surface area contributed by atoms with Gasteiger partial charge in [-0.1, -0.05) is 102 Å². The van der Waals surface area contributed by atoms with Crippen molar-refractivity contribution in [2.45, 2.75) is 63.8 Å². The Morgan fingerprint density at radius 2 is 1.47 bits per heavy atom. The Labute approximate surface area is 354 Å². The third-order valence-corrected chi connectivity index (χ3v) is 11.2. The van der Waals surface area contributed by atoms with Crippen LogP contribution in [0.4, 0.5) is 9.93 Å². The number of aromatic nitrogens is 1. The average Bonchev–Trinajstić information content (AvgIpc) is 3.72. The number of carbonyl (C=O) groups excluding carboxylic acids is 1. The molecule has 312 valence electrons. The summed E-state index contributed by atoms with van der Waals surface area (Å²) in [5, 5.41) is 19.9. The number of aliphatic carboxylic acids is 1. The standard InChI is InChI=1S/C46H51N7O6S/c1-45(2,3)59-44(56)52-25-22-37(23-26-52)48-42(47)53-24-21-32-29-38(20-19-33(32)30-53)57-27-28-58-51-40(41(54)55)39-31-60-43(49-39)50-46(34-13-7-4-8-14-34,35-15-9-5-10-16-35)36-17-11-6-12-18-36/h4-20,29,31,37H,21-28,30H2,1-3H3,(H2,47,48)(H,49,50)(H,54,55)/b51-40-. The number of carbonyl (C=O) groups is 2. The van der Waals surface area contributed by atoms with E-state index in [1.165, 1.54) is 11.3 Å². The molecular weight excluding hydrogens is 779 g/mol. The molecule has 1 fully saturated rings. The number of benzene rings is 4. The first-order valence-corrected chi connectivity index (χ1v) is 21.0. The second-order valence-electron chi connectivity index (χ2n) is 15.7. The van der Waals surface area contributed by atoms with Gasteiger partial charge in [-0.2, -0.15) is 0 Å². The molecule has 0 spiro atoms. The van der Waals surface area contributed by atoms with Crippen LogP contribution in [0.2, 0.25) is 0 Å². The number of carboxylic acids is 1. The van der Waals surface area contributed by atoms with Gasteiger partial charge in [-0.05, 0) is 80.0 Å². The highest BCUT2D eigenvalue weighted by molar-refractivity contribution is 7.14. The average molecular weight is 830 g/mol. The minimum atomic E-state index is -1.26. The van der Waals surface area contributed by atoms with Crippen molar-refractivity contribution in [3.8, 4) is 5.75 Å². The fourth-order valence-electron chi connectivity index (χ4n) is 7.47. The first-order valence-electron chi connectivity index (χ1n) is 20.1. The summed E-state index contributed by atoms with van der Waals surface area (Å²) in [5.74, 6) is -0.0632. The number of oxime groups is 1. The van der Waals surface area contributed by atoms with Crippen LogP contribution in [0.25, 0.3) is 0 Å². The molecule has 0 unspecified atom stereocenters. The molecule has 3 heterocycles. The van der Waals surface area contributed by atoms with Crippen molar-refractivity contribution >= 4 is 40.2 Å². The van der Waals surface area contributed by atoms with Crippen LogP contribution in [-0.4, -0.2) is 88.1 Å². The number of carboxylic acid groups (broad SMARTS) is 1. The third-order valence-electron chi connectivity index (χ3n) is 10.4. The van der Waals surface area contributed by atoms with Gasteiger partial charge in [0.15, 0.2) is 17.7 Å². The lowest BCUT2D eigenvalue weighted by molar-refractivity contribution is -0.129. The van der Waals surface area contributed by atoms with Gasteiger partial charge in [0.1, 0.15) is 29.2 Å². The summed E-state index contributed by atoms with van der Waals surface area (Å²) in [6.07, 6.45) is 1.96. The molecule has 2 aliphatic rings. The molecule has 2 aliphatic heterocycles. The molecule has 0 atom stereocenters. The largest absolute Gasteiger partial charge is 0.490 e. The normalized spacial score (nSPS) is 15.2. The SMILES string of the molecule is CC(C)(C)OC(=O)N1CCC(N=C(N)N2CCc3cc(OCCO/N=C(\C(=O)O)c4csc(NC(c5ccccc5)(c5ccccc5)c5ccccc5)n4)ccc3C2)CC1. The van der Waals surface area contributed by atoms with Crippen LogP contribution in [-0.2, 0) is 32.9 Å². The summed E-state index contributed by atoms with van der Waals surface area (Å²) in [6.45, 7) is 8.32. The van der Waals surface area contributed by atoms with E-state index >= 15 is 0 Å². The number of thiazole rings is 1. The Morgan fingerprint density at radius 1 is 0.850 bits per heavy atom. The zero-order chi connectivity index (χ0) is 42.1. The van der Waals surface area contributed by atoms with Crippen molar-refractivity contribution in [2.75, 3.05) is 38.2 Å². The lowest BCUT2D eigenvalue weighted by Crippen LogP contribution is -2.44. The molecule has 60 heavy (non-hydrogen) atoms. The predicted octanol–water partition coefficient (Wildman–Crippen LogP) is 7.50. The topological polar surface area (TPSA) is 164 Å². The van der Waals surface area contributed by atoms with Crippen molar-refractivity contribution in [3.63, 3.8) is 0 Å². The van der Waals surface area contributed by atoms with Crippen LogP contribution in [0.15, 0.2) is 125 Å². The number of ether oxygens (including phenoxy) is 2. The maximum absolute atomic E-state index is 12.4. The quantitative estimate of drug-likeness (QED) is 0.0356. The summed E-state index contributed by atoms with van der Waals surface area (Å²) in [6, 6.07) is 36.3. The minimum Gasteiger partial charge on any atom is -0.490 e. The van der Waals surface area contributed by atoms with Crippen LogP contribution >= 0.6 is 11.3 Å². The maximum Gasteiger partial charge on any atom is 0.410 e. The van der Waals surface area contributed by atoms with E-state index in [0.29, 0.717) is 36.5 Å².